The molecule has 2 aromatic rings. The number of nitrogens with one attached hydrogen (secondary N) is 2. The largest absolute Gasteiger partial charge is 0.331 e. The summed E-state index contributed by atoms with van der Waals surface area (Å²) in [6.07, 6.45) is 3.51. The minimum Gasteiger partial charge on any atom is -0.331 e. The fraction of sp³-hybridized carbons (Fsp3) is 0.438. The van der Waals surface area contributed by atoms with E-state index in [-0.39, 0.29) is 11.8 Å². The van der Waals surface area contributed by atoms with E-state index in [0.29, 0.717) is 12.1 Å². The van der Waals surface area contributed by atoms with Gasteiger partial charge >= 0.3 is 6.03 Å². The van der Waals surface area contributed by atoms with Gasteiger partial charge in [0.1, 0.15) is 11.6 Å². The predicted octanol–water partition coefficient (Wildman–Crippen LogP) is 1.85. The van der Waals surface area contributed by atoms with Gasteiger partial charge in [-0.3, -0.25) is 0 Å². The molecule has 1 saturated carbocycles. The lowest BCUT2D eigenvalue weighted by atomic mass is 10.0. The predicted molar refractivity (Wildman–Crippen MR) is 81.0 cm³/mol. The molecule has 2 heterocycles. The van der Waals surface area contributed by atoms with E-state index in [1.54, 1.807) is 18.2 Å². The Kier molecular flexibility index (Phi) is 3.28. The lowest BCUT2D eigenvalue weighted by Crippen LogP contribution is -2.42. The molecule has 1 aromatic carbocycles. The van der Waals surface area contributed by atoms with E-state index in [4.69, 9.17) is 0 Å². The standard InChI is InChI=1S/C16H18FN5O/c17-12-5-2-1-4-11(12)16(7-8-16)19-15(23)18-10-14-21-20-13-6-3-9-22(13)14/h1-2,4-5H,3,6-10H2,(H2,18,19,23). The van der Waals surface area contributed by atoms with Gasteiger partial charge in [-0.25, -0.2) is 9.18 Å². The van der Waals surface area contributed by atoms with Crippen molar-refractivity contribution < 1.29 is 9.18 Å². The third kappa shape index (κ3) is 2.56. The summed E-state index contributed by atoms with van der Waals surface area (Å²) < 4.78 is 16.0. The van der Waals surface area contributed by atoms with Crippen molar-refractivity contribution in [3.8, 4) is 0 Å². The van der Waals surface area contributed by atoms with E-state index >= 15 is 0 Å². The Morgan fingerprint density at radius 3 is 2.91 bits per heavy atom. The third-order valence-corrected chi connectivity index (χ3v) is 4.59. The quantitative estimate of drug-likeness (QED) is 0.904. The Balaban J connectivity index is 1.40. The molecule has 4 rings (SSSR count). The highest BCUT2D eigenvalue weighted by atomic mass is 19.1. The van der Waals surface area contributed by atoms with Gasteiger partial charge in [-0.15, -0.1) is 10.2 Å². The molecule has 1 aliphatic carbocycles. The van der Waals surface area contributed by atoms with Gasteiger partial charge in [0.05, 0.1) is 12.1 Å². The van der Waals surface area contributed by atoms with Crippen molar-refractivity contribution in [1.82, 2.24) is 25.4 Å². The number of hydrogen-bond donors (Lipinski definition) is 2. The zero-order valence-electron chi connectivity index (χ0n) is 12.7. The molecule has 0 bridgehead atoms. The maximum absolute atomic E-state index is 13.9. The van der Waals surface area contributed by atoms with Gasteiger partial charge in [0.15, 0.2) is 5.82 Å². The number of carbonyl (C=O) groups is 1. The number of fused-ring (bicyclic) bond motifs is 1. The fourth-order valence-electron chi connectivity index (χ4n) is 3.20. The molecule has 1 aliphatic heterocycles. The highest BCUT2D eigenvalue weighted by Gasteiger charge is 2.47. The zero-order valence-corrected chi connectivity index (χ0v) is 12.7. The molecule has 120 valence electrons. The average molecular weight is 315 g/mol. The molecular weight excluding hydrogens is 297 g/mol. The molecule has 6 nitrogen and oxygen atoms in total. The van der Waals surface area contributed by atoms with Crippen molar-refractivity contribution >= 4 is 6.03 Å². The molecule has 2 aliphatic rings. The van der Waals surface area contributed by atoms with Crippen molar-refractivity contribution in [2.24, 2.45) is 0 Å². The van der Waals surface area contributed by atoms with Crippen LogP contribution in [0.1, 0.15) is 36.5 Å². The maximum Gasteiger partial charge on any atom is 0.315 e. The van der Waals surface area contributed by atoms with Gasteiger partial charge in [-0.1, -0.05) is 18.2 Å². The van der Waals surface area contributed by atoms with Crippen LogP contribution in [0.5, 0.6) is 0 Å². The number of amides is 2. The van der Waals surface area contributed by atoms with E-state index in [2.05, 4.69) is 20.8 Å². The van der Waals surface area contributed by atoms with Crippen LogP contribution in [0.3, 0.4) is 0 Å². The first-order chi connectivity index (χ1) is 11.2. The SMILES string of the molecule is O=C(NCc1nnc2n1CCC2)NC1(c2ccccc2F)CC1. The summed E-state index contributed by atoms with van der Waals surface area (Å²) in [5, 5.41) is 13.9. The summed E-state index contributed by atoms with van der Waals surface area (Å²) in [6, 6.07) is 6.29. The molecule has 23 heavy (non-hydrogen) atoms. The number of hydrogen-bond acceptors (Lipinski definition) is 3. The number of aromatic nitrogens is 3. The van der Waals surface area contributed by atoms with E-state index in [1.165, 1.54) is 6.07 Å². The van der Waals surface area contributed by atoms with Crippen LogP contribution in [-0.2, 0) is 25.0 Å². The zero-order chi connectivity index (χ0) is 15.9. The average Bonchev–Trinajstić information content (AvgIpc) is 2.99. The second-order valence-electron chi connectivity index (χ2n) is 6.16. The smallest absolute Gasteiger partial charge is 0.315 e. The van der Waals surface area contributed by atoms with E-state index in [0.717, 1.165) is 43.9 Å². The lowest BCUT2D eigenvalue weighted by Gasteiger charge is -2.19. The first-order valence-electron chi connectivity index (χ1n) is 7.90. The van der Waals surface area contributed by atoms with Crippen LogP contribution in [0, 0.1) is 5.82 Å². The number of halogens is 1. The molecule has 7 heteroatoms. The summed E-state index contributed by atoms with van der Waals surface area (Å²) in [6.45, 7) is 1.23. The molecular formula is C16H18FN5O. The summed E-state index contributed by atoms with van der Waals surface area (Å²) in [4.78, 5) is 12.2. The molecule has 0 unspecified atom stereocenters. The van der Waals surface area contributed by atoms with Crippen LogP contribution in [0.15, 0.2) is 24.3 Å². The molecule has 2 amide bonds. The second-order valence-corrected chi connectivity index (χ2v) is 6.16. The van der Waals surface area contributed by atoms with Crippen molar-refractivity contribution in [1.29, 1.82) is 0 Å². The number of benzene rings is 1. The van der Waals surface area contributed by atoms with Crippen LogP contribution < -0.4 is 10.6 Å². The molecule has 0 saturated heterocycles. The Morgan fingerprint density at radius 2 is 2.13 bits per heavy atom. The molecule has 0 radical (unpaired) electrons. The highest BCUT2D eigenvalue weighted by Crippen LogP contribution is 2.46. The van der Waals surface area contributed by atoms with Crippen molar-refractivity contribution in [2.45, 2.75) is 44.3 Å². The number of urea groups is 1. The van der Waals surface area contributed by atoms with Crippen LogP contribution in [-0.4, -0.2) is 20.8 Å². The van der Waals surface area contributed by atoms with E-state index < -0.39 is 5.54 Å². The minimum atomic E-state index is -0.567. The van der Waals surface area contributed by atoms with Crippen LogP contribution in [0.4, 0.5) is 9.18 Å². The van der Waals surface area contributed by atoms with Crippen LogP contribution >= 0.6 is 0 Å². The molecule has 1 fully saturated rings. The first kappa shape index (κ1) is 14.2. The first-order valence-corrected chi connectivity index (χ1v) is 7.90. The fourth-order valence-corrected chi connectivity index (χ4v) is 3.20. The Morgan fingerprint density at radius 1 is 1.30 bits per heavy atom. The van der Waals surface area contributed by atoms with Gasteiger partial charge in [0.25, 0.3) is 0 Å². The topological polar surface area (TPSA) is 71.8 Å². The second kappa shape index (κ2) is 5.33. The third-order valence-electron chi connectivity index (χ3n) is 4.59. The van der Waals surface area contributed by atoms with Gasteiger partial charge in [-0.2, -0.15) is 0 Å². The van der Waals surface area contributed by atoms with E-state index in [1.807, 2.05) is 4.57 Å². The van der Waals surface area contributed by atoms with E-state index in [9.17, 15) is 9.18 Å². The van der Waals surface area contributed by atoms with Gasteiger partial charge in [-0.05, 0) is 25.3 Å². The number of nitrogens with zero attached hydrogens (tertiary/aromatic N) is 3. The van der Waals surface area contributed by atoms with Crippen molar-refractivity contribution in [3.63, 3.8) is 0 Å². The molecule has 1 aromatic heterocycles. The Bertz CT molecular complexity index is 753. The van der Waals surface area contributed by atoms with Crippen molar-refractivity contribution in [2.75, 3.05) is 0 Å². The molecule has 2 N–H and O–H groups in total. The van der Waals surface area contributed by atoms with Gasteiger partial charge in [0, 0.05) is 18.5 Å². The summed E-state index contributed by atoms with van der Waals surface area (Å²) in [5.41, 5.74) is -0.0131. The maximum atomic E-state index is 13.9. The number of rotatable bonds is 4. The summed E-state index contributed by atoms with van der Waals surface area (Å²) in [5.74, 6) is 1.47. The van der Waals surface area contributed by atoms with Crippen LogP contribution in [0.2, 0.25) is 0 Å². The lowest BCUT2D eigenvalue weighted by molar-refractivity contribution is 0.234. The van der Waals surface area contributed by atoms with Crippen molar-refractivity contribution in [3.05, 3.63) is 47.3 Å². The van der Waals surface area contributed by atoms with Gasteiger partial charge < -0.3 is 15.2 Å². The minimum absolute atomic E-state index is 0.277. The summed E-state index contributed by atoms with van der Waals surface area (Å²) in [7, 11) is 0. The normalized spacial score (nSPS) is 17.6. The van der Waals surface area contributed by atoms with Crippen LogP contribution in [0.25, 0.3) is 0 Å². The summed E-state index contributed by atoms with van der Waals surface area (Å²) >= 11 is 0. The Hall–Kier alpha value is -2.44. The monoisotopic (exact) mass is 315 g/mol. The van der Waals surface area contributed by atoms with Gasteiger partial charge in [0.2, 0.25) is 0 Å². The molecule has 0 spiro atoms. The highest BCUT2D eigenvalue weighted by molar-refractivity contribution is 5.75. The Labute approximate surface area is 133 Å². The number of aryl methyl sites for hydroxylation is 1. The number of carbonyl (C=O) groups excluding carboxylic acids is 1. The molecule has 0 atom stereocenters.